The van der Waals surface area contributed by atoms with E-state index in [4.69, 9.17) is 22.1 Å². The first-order valence-corrected chi connectivity index (χ1v) is 12.4. The largest absolute Gasteiger partial charge is 0.490 e. The lowest BCUT2D eigenvalue weighted by Gasteiger charge is -2.32. The number of carbonyl (C=O) groups excluding carboxylic acids is 3. The van der Waals surface area contributed by atoms with Crippen LogP contribution in [0.5, 0.6) is 5.75 Å². The molecule has 0 spiro atoms. The molecule has 1 saturated heterocycles. The minimum atomic E-state index is -0.586. The first-order valence-electron chi connectivity index (χ1n) is 12.1. The van der Waals surface area contributed by atoms with Crippen LogP contribution in [0.15, 0.2) is 78.9 Å². The first-order chi connectivity index (χ1) is 17.4. The third kappa shape index (κ3) is 6.73. The number of piperidine rings is 1. The average molecular weight is 505 g/mol. The second-order valence-electron chi connectivity index (χ2n) is 9.06. The van der Waals surface area contributed by atoms with E-state index < -0.39 is 11.8 Å². The van der Waals surface area contributed by atoms with Gasteiger partial charge in [-0.05, 0) is 48.4 Å². The molecular weight excluding hydrogens is 476 g/mol. The number of nitrogens with zero attached hydrogens (tertiary/aromatic N) is 1. The Morgan fingerprint density at radius 2 is 1.50 bits per heavy atom. The maximum absolute atomic E-state index is 13.0. The summed E-state index contributed by atoms with van der Waals surface area (Å²) in [4.78, 5) is 39.5. The van der Waals surface area contributed by atoms with Gasteiger partial charge in [0.2, 0.25) is 5.91 Å². The van der Waals surface area contributed by atoms with Crippen molar-refractivity contribution in [2.45, 2.75) is 31.8 Å². The zero-order valence-electron chi connectivity index (χ0n) is 19.9. The third-order valence-electron chi connectivity index (χ3n) is 6.46. The number of ketones is 1. The molecule has 0 saturated carbocycles. The molecule has 3 aromatic carbocycles. The molecule has 0 bridgehead atoms. The first kappa shape index (κ1) is 25.5. The van der Waals surface area contributed by atoms with Crippen molar-refractivity contribution in [3.63, 3.8) is 0 Å². The van der Waals surface area contributed by atoms with E-state index in [1.165, 1.54) is 0 Å². The van der Waals surface area contributed by atoms with Crippen molar-refractivity contribution in [1.82, 2.24) is 4.90 Å². The number of hydrogen-bond acceptors (Lipinski definition) is 4. The summed E-state index contributed by atoms with van der Waals surface area (Å²) >= 11 is 5.92. The van der Waals surface area contributed by atoms with E-state index in [2.05, 4.69) is 0 Å². The molecule has 186 valence electrons. The molecular formula is C29H29ClN2O4. The van der Waals surface area contributed by atoms with E-state index >= 15 is 0 Å². The molecule has 2 N–H and O–H groups in total. The van der Waals surface area contributed by atoms with Crippen LogP contribution in [0, 0.1) is 5.92 Å². The number of benzene rings is 3. The molecule has 2 amide bonds. The maximum atomic E-state index is 13.0. The fraction of sp³-hybridized carbons (Fsp3) is 0.276. The molecule has 0 aromatic heterocycles. The normalized spacial score (nSPS) is 14.8. The Morgan fingerprint density at radius 1 is 0.889 bits per heavy atom. The zero-order chi connectivity index (χ0) is 25.5. The number of hydrogen-bond donors (Lipinski definition) is 1. The number of amides is 2. The van der Waals surface area contributed by atoms with Crippen LogP contribution in [0.1, 0.15) is 45.5 Å². The summed E-state index contributed by atoms with van der Waals surface area (Å²) < 4.78 is 6.01. The lowest BCUT2D eigenvalue weighted by Crippen LogP contribution is -2.41. The number of Topliss-reactive ketones (excluding diaryl/α,β-unsaturated/α-hetero) is 1. The number of halogens is 1. The Morgan fingerprint density at radius 3 is 2.11 bits per heavy atom. The predicted molar refractivity (Wildman–Crippen MR) is 139 cm³/mol. The molecule has 1 atom stereocenters. The smallest absolute Gasteiger partial charge is 0.253 e. The summed E-state index contributed by atoms with van der Waals surface area (Å²) in [7, 11) is 0. The lowest BCUT2D eigenvalue weighted by atomic mass is 9.91. The van der Waals surface area contributed by atoms with Gasteiger partial charge in [-0.3, -0.25) is 14.4 Å². The van der Waals surface area contributed by atoms with E-state index in [0.717, 1.165) is 24.2 Å². The van der Waals surface area contributed by atoms with Crippen molar-refractivity contribution in [2.75, 3.05) is 13.1 Å². The number of primary amides is 1. The average Bonchev–Trinajstić information content (AvgIpc) is 2.90. The molecule has 0 radical (unpaired) electrons. The molecule has 6 nitrogen and oxygen atoms in total. The Labute approximate surface area is 216 Å². The van der Waals surface area contributed by atoms with E-state index in [1.54, 1.807) is 36.4 Å². The van der Waals surface area contributed by atoms with E-state index in [1.807, 2.05) is 47.4 Å². The molecule has 36 heavy (non-hydrogen) atoms. The van der Waals surface area contributed by atoms with Gasteiger partial charge in [0, 0.05) is 54.4 Å². The Balaban J connectivity index is 1.30. The van der Waals surface area contributed by atoms with Gasteiger partial charge in [0.25, 0.3) is 5.91 Å². The summed E-state index contributed by atoms with van der Waals surface area (Å²) in [5.74, 6) is -0.557. The summed E-state index contributed by atoms with van der Waals surface area (Å²) in [6.45, 7) is 1.19. The van der Waals surface area contributed by atoms with Gasteiger partial charge in [-0.15, -0.1) is 0 Å². The Kier molecular flexibility index (Phi) is 8.39. The standard InChI is InChI=1S/C29H29ClN2O4/c30-24-10-12-25(13-11-24)36-26-14-16-32(17-15-26)29(35)22-8-6-21(7-9-22)27(33)19-23(28(31)34)18-20-4-2-1-3-5-20/h1-13,23,26H,14-19H2,(H2,31,34)/t23-/m1/s1. The number of likely N-dealkylation sites (tertiary alicyclic amines) is 1. The van der Waals surface area contributed by atoms with Gasteiger partial charge in [-0.1, -0.05) is 54.1 Å². The van der Waals surface area contributed by atoms with Crippen molar-refractivity contribution in [3.8, 4) is 5.75 Å². The molecule has 1 heterocycles. The highest BCUT2D eigenvalue weighted by molar-refractivity contribution is 6.30. The van der Waals surface area contributed by atoms with Crippen molar-refractivity contribution < 1.29 is 19.1 Å². The molecule has 3 aromatic rings. The number of carbonyl (C=O) groups is 3. The molecule has 0 unspecified atom stereocenters. The van der Waals surface area contributed by atoms with Crippen LogP contribution in [-0.4, -0.2) is 41.7 Å². The van der Waals surface area contributed by atoms with Gasteiger partial charge in [0.1, 0.15) is 11.9 Å². The van der Waals surface area contributed by atoms with Gasteiger partial charge in [0.05, 0.1) is 0 Å². The maximum Gasteiger partial charge on any atom is 0.253 e. The molecule has 4 rings (SSSR count). The monoisotopic (exact) mass is 504 g/mol. The fourth-order valence-electron chi connectivity index (χ4n) is 4.38. The van der Waals surface area contributed by atoms with Crippen LogP contribution in [-0.2, 0) is 11.2 Å². The summed E-state index contributed by atoms with van der Waals surface area (Å²) in [5, 5.41) is 0.662. The topological polar surface area (TPSA) is 89.7 Å². The van der Waals surface area contributed by atoms with E-state index in [0.29, 0.717) is 35.7 Å². The summed E-state index contributed by atoms with van der Waals surface area (Å²) in [5.41, 5.74) is 7.50. The quantitative estimate of drug-likeness (QED) is 0.418. The molecule has 0 aliphatic carbocycles. The second kappa shape index (κ2) is 11.9. The van der Waals surface area contributed by atoms with Crippen molar-refractivity contribution in [1.29, 1.82) is 0 Å². The highest BCUT2D eigenvalue weighted by Gasteiger charge is 2.25. The molecule has 1 aliphatic heterocycles. The number of rotatable bonds is 9. The third-order valence-corrected chi connectivity index (χ3v) is 6.71. The number of nitrogens with two attached hydrogens (primary N) is 1. The highest BCUT2D eigenvalue weighted by atomic mass is 35.5. The van der Waals surface area contributed by atoms with Crippen LogP contribution in [0.25, 0.3) is 0 Å². The molecule has 1 fully saturated rings. The minimum Gasteiger partial charge on any atom is -0.490 e. The van der Waals surface area contributed by atoms with Crippen LogP contribution >= 0.6 is 11.6 Å². The highest BCUT2D eigenvalue weighted by Crippen LogP contribution is 2.22. The second-order valence-corrected chi connectivity index (χ2v) is 9.49. The fourth-order valence-corrected chi connectivity index (χ4v) is 4.50. The van der Waals surface area contributed by atoms with Gasteiger partial charge >= 0.3 is 0 Å². The lowest BCUT2D eigenvalue weighted by molar-refractivity contribution is -0.121. The van der Waals surface area contributed by atoms with Crippen LogP contribution in [0.2, 0.25) is 5.02 Å². The van der Waals surface area contributed by atoms with Crippen molar-refractivity contribution in [2.24, 2.45) is 11.7 Å². The molecule has 7 heteroatoms. The molecule has 1 aliphatic rings. The van der Waals surface area contributed by atoms with Gasteiger partial charge < -0.3 is 15.4 Å². The van der Waals surface area contributed by atoms with Crippen LogP contribution in [0.4, 0.5) is 0 Å². The van der Waals surface area contributed by atoms with Crippen LogP contribution < -0.4 is 10.5 Å². The Hall–Kier alpha value is -3.64. The van der Waals surface area contributed by atoms with Crippen molar-refractivity contribution >= 4 is 29.2 Å². The summed E-state index contributed by atoms with van der Waals surface area (Å²) in [6.07, 6.45) is 1.96. The van der Waals surface area contributed by atoms with Gasteiger partial charge in [-0.2, -0.15) is 0 Å². The van der Waals surface area contributed by atoms with Crippen LogP contribution in [0.3, 0.4) is 0 Å². The SMILES string of the molecule is NC(=O)[C@@H](CC(=O)c1ccc(C(=O)N2CCC(Oc3ccc(Cl)cc3)CC2)cc1)Cc1ccccc1. The zero-order valence-corrected chi connectivity index (χ0v) is 20.7. The van der Waals surface area contributed by atoms with Crippen molar-refractivity contribution in [3.05, 3.63) is 101 Å². The van der Waals surface area contributed by atoms with E-state index in [9.17, 15) is 14.4 Å². The van der Waals surface area contributed by atoms with Gasteiger partial charge in [-0.25, -0.2) is 0 Å². The number of ether oxygens (including phenoxy) is 1. The Bertz CT molecular complexity index is 1190. The minimum absolute atomic E-state index is 0.0264. The summed E-state index contributed by atoms with van der Waals surface area (Å²) in [6, 6.07) is 23.4. The predicted octanol–water partition coefficient (Wildman–Crippen LogP) is 4.94. The van der Waals surface area contributed by atoms with Gasteiger partial charge in [0.15, 0.2) is 5.78 Å². The van der Waals surface area contributed by atoms with E-state index in [-0.39, 0.29) is 24.2 Å².